The van der Waals surface area contributed by atoms with Gasteiger partial charge < -0.3 is 9.47 Å². The molecule has 3 atom stereocenters. The number of amides is 3. The lowest BCUT2D eigenvalue weighted by Crippen LogP contribution is -2.52. The first-order valence-corrected chi connectivity index (χ1v) is 13.4. The Morgan fingerprint density at radius 1 is 1.03 bits per heavy atom. The molecule has 2 saturated heterocycles. The summed E-state index contributed by atoms with van der Waals surface area (Å²) in [6.45, 7) is 3.65. The van der Waals surface area contributed by atoms with E-state index >= 15 is 0 Å². The largest absolute Gasteiger partial charge is 0.336 e. The number of nitrogens with zero attached hydrogens (tertiary/aromatic N) is 4. The Balaban J connectivity index is 1.20. The van der Waals surface area contributed by atoms with Gasteiger partial charge in [0.15, 0.2) is 0 Å². The summed E-state index contributed by atoms with van der Waals surface area (Å²) in [5, 5.41) is 3.57. The highest BCUT2D eigenvalue weighted by atomic mass is 16.2. The zero-order valence-corrected chi connectivity index (χ0v) is 21.1. The second-order valence-corrected chi connectivity index (χ2v) is 11.3. The number of aromatic nitrogens is 2. The van der Waals surface area contributed by atoms with Crippen LogP contribution in [0, 0.1) is 11.8 Å². The number of hydrogen-bond donors (Lipinski definition) is 1. The summed E-state index contributed by atoms with van der Waals surface area (Å²) in [7, 11) is 2.03. The van der Waals surface area contributed by atoms with Crippen molar-refractivity contribution in [2.75, 3.05) is 13.1 Å². The third-order valence-corrected chi connectivity index (χ3v) is 8.82. The van der Waals surface area contributed by atoms with Crippen LogP contribution in [-0.2, 0) is 29.7 Å². The van der Waals surface area contributed by atoms with Gasteiger partial charge in [-0.1, -0.05) is 6.07 Å². The number of aryl methyl sites for hydroxylation is 1. The third kappa shape index (κ3) is 3.85. The number of carbonyl (C=O) groups is 3. The fourth-order valence-electron chi connectivity index (χ4n) is 7.00. The van der Waals surface area contributed by atoms with E-state index in [0.29, 0.717) is 18.5 Å². The quantitative estimate of drug-likeness (QED) is 0.560. The summed E-state index contributed by atoms with van der Waals surface area (Å²) in [6.07, 6.45) is 6.82. The summed E-state index contributed by atoms with van der Waals surface area (Å²) in [5.74, 6) is 0.871. The molecule has 8 heteroatoms. The lowest BCUT2D eigenvalue weighted by molar-refractivity contribution is -0.136. The molecular weight excluding hydrogens is 466 g/mol. The molecular formula is C29H31N5O3. The van der Waals surface area contributed by atoms with Crippen LogP contribution in [0.15, 0.2) is 36.5 Å². The second kappa shape index (κ2) is 8.52. The third-order valence-electron chi connectivity index (χ3n) is 8.82. The maximum absolute atomic E-state index is 13.1. The molecule has 37 heavy (non-hydrogen) atoms. The van der Waals surface area contributed by atoms with Gasteiger partial charge in [-0.05, 0) is 72.9 Å². The van der Waals surface area contributed by atoms with Crippen molar-refractivity contribution in [1.29, 1.82) is 0 Å². The minimum Gasteiger partial charge on any atom is -0.336 e. The molecule has 3 aliphatic heterocycles. The van der Waals surface area contributed by atoms with Crippen molar-refractivity contribution < 1.29 is 14.4 Å². The maximum atomic E-state index is 13.1. The SMILES string of the molecule is Cn1ccc2c(CN3CC4CCC(C4)C3)cc(-c3ccc4c(c3)CN(C3CCC(=O)NC3=O)C4=O)nc21. The van der Waals surface area contributed by atoms with Gasteiger partial charge in [0.2, 0.25) is 11.8 Å². The van der Waals surface area contributed by atoms with Crippen molar-refractivity contribution in [3.05, 3.63) is 53.2 Å². The average Bonchev–Trinajstić information content (AvgIpc) is 3.53. The number of rotatable bonds is 4. The first kappa shape index (κ1) is 22.7. The van der Waals surface area contributed by atoms with Crippen LogP contribution in [0.25, 0.3) is 22.3 Å². The number of likely N-dealkylation sites (tertiary alicyclic amines) is 1. The van der Waals surface area contributed by atoms with E-state index in [1.807, 2.05) is 25.2 Å². The molecule has 3 amide bonds. The predicted octanol–water partition coefficient (Wildman–Crippen LogP) is 3.23. The Morgan fingerprint density at radius 2 is 1.84 bits per heavy atom. The zero-order valence-electron chi connectivity index (χ0n) is 21.1. The zero-order chi connectivity index (χ0) is 25.3. The van der Waals surface area contributed by atoms with E-state index in [2.05, 4.69) is 33.1 Å². The Morgan fingerprint density at radius 3 is 2.62 bits per heavy atom. The summed E-state index contributed by atoms with van der Waals surface area (Å²) < 4.78 is 2.07. The van der Waals surface area contributed by atoms with Gasteiger partial charge >= 0.3 is 0 Å². The van der Waals surface area contributed by atoms with E-state index in [0.717, 1.165) is 40.8 Å². The van der Waals surface area contributed by atoms with Gasteiger partial charge in [0.1, 0.15) is 11.7 Å². The summed E-state index contributed by atoms with van der Waals surface area (Å²) in [6, 6.07) is 9.64. The molecule has 3 unspecified atom stereocenters. The maximum Gasteiger partial charge on any atom is 0.255 e. The molecule has 1 aromatic carbocycles. The standard InChI is InChI=1S/C29H31N5O3/c1-32-9-8-22-21(15-33-13-17-2-3-18(10-17)14-33)12-24(30-27(22)32)19-4-5-23-20(11-19)16-34(29(23)37)25-6-7-26(35)31-28(25)36/h4-5,8-9,11-12,17-18,25H,2-3,6-7,10,13-16H2,1H3,(H,31,35,36). The van der Waals surface area contributed by atoms with Crippen molar-refractivity contribution in [3.8, 4) is 11.3 Å². The van der Waals surface area contributed by atoms with Gasteiger partial charge in [-0.25, -0.2) is 4.98 Å². The van der Waals surface area contributed by atoms with Crippen molar-refractivity contribution in [2.45, 2.75) is 51.2 Å². The molecule has 5 heterocycles. The normalized spacial score (nSPS) is 25.7. The highest BCUT2D eigenvalue weighted by molar-refractivity contribution is 6.05. The summed E-state index contributed by atoms with van der Waals surface area (Å²) >= 11 is 0. The molecule has 190 valence electrons. The van der Waals surface area contributed by atoms with Crippen molar-refractivity contribution in [2.24, 2.45) is 18.9 Å². The van der Waals surface area contributed by atoms with Gasteiger partial charge in [0, 0.05) is 62.4 Å². The van der Waals surface area contributed by atoms with Gasteiger partial charge in [-0.3, -0.25) is 24.6 Å². The van der Waals surface area contributed by atoms with Crippen LogP contribution in [-0.4, -0.2) is 56.2 Å². The first-order valence-electron chi connectivity index (χ1n) is 13.4. The number of pyridine rings is 1. The minimum absolute atomic E-state index is 0.151. The fourth-order valence-corrected chi connectivity index (χ4v) is 7.00. The molecule has 3 aromatic rings. The number of nitrogens with one attached hydrogen (secondary N) is 1. The van der Waals surface area contributed by atoms with Crippen LogP contribution in [0.1, 0.15) is 53.6 Å². The first-order chi connectivity index (χ1) is 17.9. The number of hydrogen-bond acceptors (Lipinski definition) is 5. The van der Waals surface area contributed by atoms with Crippen LogP contribution < -0.4 is 5.32 Å². The second-order valence-electron chi connectivity index (χ2n) is 11.3. The lowest BCUT2D eigenvalue weighted by atomic mass is 9.97. The van der Waals surface area contributed by atoms with Crippen LogP contribution in [0.3, 0.4) is 0 Å². The van der Waals surface area contributed by atoms with Crippen LogP contribution >= 0.6 is 0 Å². The van der Waals surface area contributed by atoms with Crippen molar-refractivity contribution >= 4 is 28.8 Å². The predicted molar refractivity (Wildman–Crippen MR) is 138 cm³/mol. The molecule has 3 fully saturated rings. The van der Waals surface area contributed by atoms with E-state index in [-0.39, 0.29) is 24.1 Å². The molecule has 2 bridgehead atoms. The molecule has 4 aliphatic rings. The molecule has 1 N–H and O–H groups in total. The van der Waals surface area contributed by atoms with E-state index in [1.54, 1.807) is 4.90 Å². The molecule has 0 radical (unpaired) electrons. The Kier molecular flexibility index (Phi) is 5.22. The number of carbonyl (C=O) groups excluding carboxylic acids is 3. The Labute approximate surface area is 215 Å². The van der Waals surface area contributed by atoms with Gasteiger partial charge in [-0.15, -0.1) is 0 Å². The van der Waals surface area contributed by atoms with E-state index < -0.39 is 6.04 Å². The number of fused-ring (bicyclic) bond motifs is 4. The van der Waals surface area contributed by atoms with Gasteiger partial charge in [0.05, 0.1) is 5.69 Å². The molecule has 1 saturated carbocycles. The molecule has 1 aliphatic carbocycles. The summed E-state index contributed by atoms with van der Waals surface area (Å²) in [5.41, 5.74) is 5.66. The topological polar surface area (TPSA) is 87.5 Å². The van der Waals surface area contributed by atoms with E-state index in [4.69, 9.17) is 4.98 Å². The van der Waals surface area contributed by atoms with Gasteiger partial charge in [0.25, 0.3) is 5.91 Å². The van der Waals surface area contributed by atoms with Crippen molar-refractivity contribution in [1.82, 2.24) is 24.7 Å². The molecule has 0 spiro atoms. The molecule has 7 rings (SSSR count). The lowest BCUT2D eigenvalue weighted by Gasteiger charge is -2.32. The molecule has 2 aromatic heterocycles. The monoisotopic (exact) mass is 497 g/mol. The highest BCUT2D eigenvalue weighted by Gasteiger charge is 2.39. The number of benzene rings is 1. The Bertz CT molecular complexity index is 1450. The van der Waals surface area contributed by atoms with E-state index in [1.165, 1.54) is 43.3 Å². The number of imide groups is 1. The van der Waals surface area contributed by atoms with Crippen LogP contribution in [0.2, 0.25) is 0 Å². The fraction of sp³-hybridized carbons (Fsp3) is 0.448. The minimum atomic E-state index is -0.606. The van der Waals surface area contributed by atoms with Crippen LogP contribution in [0.5, 0.6) is 0 Å². The average molecular weight is 498 g/mol. The molecule has 8 nitrogen and oxygen atoms in total. The Hall–Kier alpha value is -3.52. The van der Waals surface area contributed by atoms with Crippen LogP contribution in [0.4, 0.5) is 0 Å². The number of piperidine rings is 2. The van der Waals surface area contributed by atoms with Gasteiger partial charge in [-0.2, -0.15) is 0 Å². The van der Waals surface area contributed by atoms with E-state index in [9.17, 15) is 14.4 Å². The van der Waals surface area contributed by atoms with Crippen molar-refractivity contribution in [3.63, 3.8) is 0 Å². The summed E-state index contributed by atoms with van der Waals surface area (Å²) in [4.78, 5) is 46.3. The highest BCUT2D eigenvalue weighted by Crippen LogP contribution is 2.38. The smallest absolute Gasteiger partial charge is 0.255 e.